The van der Waals surface area contributed by atoms with Crippen LogP contribution in [0.25, 0.3) is 0 Å². The van der Waals surface area contributed by atoms with Crippen molar-refractivity contribution in [3.63, 3.8) is 0 Å². The number of hydrogen-bond donors (Lipinski definition) is 2. The van der Waals surface area contributed by atoms with Crippen LogP contribution in [0.2, 0.25) is 0 Å². The number of aromatic nitrogens is 3. The van der Waals surface area contributed by atoms with Crippen molar-refractivity contribution in [2.45, 2.75) is 32.6 Å². The Kier molecular flexibility index (Phi) is 6.65. The molecule has 3 rings (SSSR count). The summed E-state index contributed by atoms with van der Waals surface area (Å²) in [7, 11) is 0. The zero-order chi connectivity index (χ0) is 24.3. The highest BCUT2D eigenvalue weighted by molar-refractivity contribution is 5.66. The number of carbonyl (C=O) groups is 1. The molecule has 0 unspecified atom stereocenters. The van der Waals surface area contributed by atoms with Gasteiger partial charge in [0, 0.05) is 6.54 Å². The van der Waals surface area contributed by atoms with E-state index in [0.29, 0.717) is 28.3 Å². The Bertz CT molecular complexity index is 1300. The van der Waals surface area contributed by atoms with Crippen molar-refractivity contribution < 1.29 is 27.5 Å². The van der Waals surface area contributed by atoms with Gasteiger partial charge >= 0.3 is 23.5 Å². The molecule has 0 atom stereocenters. The van der Waals surface area contributed by atoms with Crippen LogP contribution in [0.1, 0.15) is 23.1 Å². The van der Waals surface area contributed by atoms with E-state index >= 15 is 0 Å². The number of carboxylic acids is 1. The van der Waals surface area contributed by atoms with E-state index in [1.165, 1.54) is 0 Å². The molecule has 0 fully saturated rings. The lowest BCUT2D eigenvalue weighted by atomic mass is 10.1. The molecule has 8 nitrogen and oxygen atoms in total. The number of hydrogen-bond acceptors (Lipinski definition) is 5. The van der Waals surface area contributed by atoms with Gasteiger partial charge in [-0.1, -0.05) is 29.8 Å². The number of aliphatic carboxylic acids is 1. The summed E-state index contributed by atoms with van der Waals surface area (Å²) in [4.78, 5) is 39.9. The van der Waals surface area contributed by atoms with Crippen LogP contribution in [0.15, 0.2) is 52.1 Å². The van der Waals surface area contributed by atoms with Crippen molar-refractivity contribution in [2.24, 2.45) is 0 Å². The lowest BCUT2D eigenvalue weighted by Crippen LogP contribution is -2.43. The Labute approximate surface area is 183 Å². The summed E-state index contributed by atoms with van der Waals surface area (Å²) in [6.45, 7) is 1.21. The minimum absolute atomic E-state index is 0.164. The number of halogens is 4. The molecule has 0 aliphatic heterocycles. The van der Waals surface area contributed by atoms with Crippen molar-refractivity contribution in [2.75, 3.05) is 5.32 Å². The number of nitrogens with zero attached hydrogens (tertiary/aromatic N) is 3. The Morgan fingerprint density at radius 3 is 2.36 bits per heavy atom. The molecular formula is C21H18F4N4O4. The Morgan fingerprint density at radius 1 is 1.09 bits per heavy atom. The molecule has 12 heteroatoms. The summed E-state index contributed by atoms with van der Waals surface area (Å²) in [5.74, 6) is -2.80. The van der Waals surface area contributed by atoms with Gasteiger partial charge in [-0.25, -0.2) is 18.5 Å². The molecule has 0 spiro atoms. The smallest absolute Gasteiger partial charge is 0.416 e. The summed E-state index contributed by atoms with van der Waals surface area (Å²) >= 11 is 0. The monoisotopic (exact) mass is 466 g/mol. The molecule has 0 aliphatic rings. The van der Waals surface area contributed by atoms with Gasteiger partial charge in [0.05, 0.1) is 24.2 Å². The van der Waals surface area contributed by atoms with Gasteiger partial charge in [-0.05, 0) is 30.7 Å². The predicted molar refractivity (Wildman–Crippen MR) is 110 cm³/mol. The fourth-order valence-electron chi connectivity index (χ4n) is 2.96. The first kappa shape index (κ1) is 23.7. The van der Waals surface area contributed by atoms with Crippen LogP contribution in [-0.4, -0.2) is 25.2 Å². The third kappa shape index (κ3) is 5.64. The molecule has 0 bridgehead atoms. The molecule has 0 amide bonds. The van der Waals surface area contributed by atoms with Gasteiger partial charge in [-0.15, -0.1) is 0 Å². The minimum Gasteiger partial charge on any atom is -0.481 e. The molecular weight excluding hydrogens is 448 g/mol. The first-order valence-corrected chi connectivity index (χ1v) is 9.58. The van der Waals surface area contributed by atoms with E-state index in [-0.39, 0.29) is 6.54 Å². The molecule has 3 aromatic rings. The van der Waals surface area contributed by atoms with Crippen LogP contribution in [0, 0.1) is 12.7 Å². The maximum absolute atomic E-state index is 14.2. The lowest BCUT2D eigenvalue weighted by Gasteiger charge is -2.17. The Hall–Kier alpha value is -3.96. The SMILES string of the molecule is Cc1ccc(Cn2c(Nc3cc(C(F)(F)F)ccc3F)nc(=O)n(CCC(=O)O)c2=O)cc1. The first-order chi connectivity index (χ1) is 15.5. The number of carboxylic acid groups (broad SMARTS) is 1. The molecule has 2 N–H and O–H groups in total. The zero-order valence-electron chi connectivity index (χ0n) is 17.2. The average molecular weight is 466 g/mol. The summed E-state index contributed by atoms with van der Waals surface area (Å²) in [5, 5.41) is 11.2. The standard InChI is InChI=1S/C21H18F4N4O4/c1-12-2-4-13(5-3-12)11-29-18(27-19(32)28(20(29)33)9-8-17(30)31)26-16-10-14(21(23,24)25)6-7-15(16)22/h2-7,10H,8-9,11H2,1H3,(H,30,31)(H,26,27,32). The molecule has 33 heavy (non-hydrogen) atoms. The number of aryl methyl sites for hydroxylation is 1. The van der Waals surface area contributed by atoms with E-state index in [1.807, 2.05) is 6.92 Å². The highest BCUT2D eigenvalue weighted by Crippen LogP contribution is 2.32. The number of nitrogens with one attached hydrogen (secondary N) is 1. The van der Waals surface area contributed by atoms with E-state index in [0.717, 1.165) is 10.1 Å². The van der Waals surface area contributed by atoms with Gasteiger partial charge in [-0.3, -0.25) is 9.36 Å². The number of alkyl halides is 3. The van der Waals surface area contributed by atoms with Crippen LogP contribution < -0.4 is 16.7 Å². The van der Waals surface area contributed by atoms with Gasteiger partial charge in [-0.2, -0.15) is 18.2 Å². The van der Waals surface area contributed by atoms with Gasteiger partial charge in [0.2, 0.25) is 5.95 Å². The predicted octanol–water partition coefficient (Wildman–Crippen LogP) is 3.14. The van der Waals surface area contributed by atoms with Crippen molar-refractivity contribution in [1.82, 2.24) is 14.1 Å². The maximum Gasteiger partial charge on any atom is 0.416 e. The third-order valence-corrected chi connectivity index (χ3v) is 4.70. The minimum atomic E-state index is -4.75. The first-order valence-electron chi connectivity index (χ1n) is 9.58. The van der Waals surface area contributed by atoms with E-state index in [4.69, 9.17) is 5.11 Å². The summed E-state index contributed by atoms with van der Waals surface area (Å²) in [5.41, 5.74) is -2.35. The van der Waals surface area contributed by atoms with Crippen LogP contribution in [0.3, 0.4) is 0 Å². The van der Waals surface area contributed by atoms with Crippen LogP contribution in [0.5, 0.6) is 0 Å². The maximum atomic E-state index is 14.2. The zero-order valence-corrected chi connectivity index (χ0v) is 17.2. The van der Waals surface area contributed by atoms with Gasteiger partial charge < -0.3 is 10.4 Å². The fourth-order valence-corrected chi connectivity index (χ4v) is 2.96. The van der Waals surface area contributed by atoms with Crippen molar-refractivity contribution >= 4 is 17.6 Å². The largest absolute Gasteiger partial charge is 0.481 e. The summed E-state index contributed by atoms with van der Waals surface area (Å²) < 4.78 is 54.9. The molecule has 0 saturated heterocycles. The quantitative estimate of drug-likeness (QED) is 0.519. The molecule has 0 aliphatic carbocycles. The molecule has 2 aromatic carbocycles. The van der Waals surface area contributed by atoms with Gasteiger partial charge in [0.25, 0.3) is 0 Å². The van der Waals surface area contributed by atoms with E-state index in [9.17, 15) is 31.9 Å². The van der Waals surface area contributed by atoms with Crippen LogP contribution >= 0.6 is 0 Å². The van der Waals surface area contributed by atoms with E-state index in [1.54, 1.807) is 24.3 Å². The molecule has 174 valence electrons. The molecule has 0 saturated carbocycles. The van der Waals surface area contributed by atoms with Gasteiger partial charge in [0.15, 0.2) is 0 Å². The van der Waals surface area contributed by atoms with Crippen molar-refractivity contribution in [1.29, 1.82) is 0 Å². The molecule has 1 aromatic heterocycles. The highest BCUT2D eigenvalue weighted by atomic mass is 19.4. The van der Waals surface area contributed by atoms with Gasteiger partial charge in [0.1, 0.15) is 5.82 Å². The fraction of sp³-hybridized carbons (Fsp3) is 0.238. The van der Waals surface area contributed by atoms with Crippen molar-refractivity contribution in [3.8, 4) is 0 Å². The average Bonchev–Trinajstić information content (AvgIpc) is 2.72. The lowest BCUT2D eigenvalue weighted by molar-refractivity contribution is -0.138. The summed E-state index contributed by atoms with van der Waals surface area (Å²) in [6.07, 6.45) is -5.28. The van der Waals surface area contributed by atoms with Crippen LogP contribution in [-0.2, 0) is 24.1 Å². The second-order valence-corrected chi connectivity index (χ2v) is 7.19. The Morgan fingerprint density at radius 2 is 1.76 bits per heavy atom. The van der Waals surface area contributed by atoms with E-state index < -0.39 is 59.5 Å². The highest BCUT2D eigenvalue weighted by Gasteiger charge is 2.31. The third-order valence-electron chi connectivity index (χ3n) is 4.70. The molecule has 0 radical (unpaired) electrons. The number of benzene rings is 2. The molecule has 1 heterocycles. The summed E-state index contributed by atoms with van der Waals surface area (Å²) in [6, 6.07) is 8.53. The number of rotatable bonds is 7. The number of anilines is 2. The Balaban J connectivity index is 2.12. The normalized spacial score (nSPS) is 11.4. The van der Waals surface area contributed by atoms with Crippen molar-refractivity contribution in [3.05, 3.63) is 85.9 Å². The second-order valence-electron chi connectivity index (χ2n) is 7.19. The van der Waals surface area contributed by atoms with Crippen LogP contribution in [0.4, 0.5) is 29.2 Å². The topological polar surface area (TPSA) is 106 Å². The van der Waals surface area contributed by atoms with E-state index in [2.05, 4.69) is 10.3 Å². The second kappa shape index (κ2) is 9.27.